The molecule has 1 aliphatic heterocycles. The van der Waals surface area contributed by atoms with Crippen LogP contribution in [0.1, 0.15) is 24.0 Å². The van der Waals surface area contributed by atoms with E-state index in [1.165, 1.54) is 18.4 Å². The lowest BCUT2D eigenvalue weighted by molar-refractivity contribution is 0.792. The molecule has 1 aromatic heterocycles. The van der Waals surface area contributed by atoms with Gasteiger partial charge in [-0.2, -0.15) is 0 Å². The summed E-state index contributed by atoms with van der Waals surface area (Å²) in [5.41, 5.74) is 2.35. The van der Waals surface area contributed by atoms with Gasteiger partial charge in [0, 0.05) is 44.4 Å². The summed E-state index contributed by atoms with van der Waals surface area (Å²) in [5.74, 6) is 1.87. The Morgan fingerprint density at radius 2 is 1.96 bits per heavy atom. The first-order valence-electron chi connectivity index (χ1n) is 9.13. The number of hydrogen-bond donors (Lipinski definition) is 2. The molecule has 5 nitrogen and oxygen atoms in total. The molecular weight excluding hydrogens is 473 g/mol. The Bertz CT molecular complexity index is 729. The van der Waals surface area contributed by atoms with Gasteiger partial charge in [0.2, 0.25) is 0 Å². The molecule has 0 bridgehead atoms. The molecule has 2 N–H and O–H groups in total. The molecule has 0 radical (unpaired) electrons. The van der Waals surface area contributed by atoms with Gasteiger partial charge in [-0.1, -0.05) is 29.8 Å². The van der Waals surface area contributed by atoms with Crippen molar-refractivity contribution in [3.63, 3.8) is 0 Å². The van der Waals surface area contributed by atoms with Crippen molar-refractivity contribution in [1.82, 2.24) is 15.6 Å². The van der Waals surface area contributed by atoms with E-state index in [2.05, 4.69) is 43.7 Å². The molecule has 0 unspecified atom stereocenters. The zero-order valence-corrected chi connectivity index (χ0v) is 18.7. The van der Waals surface area contributed by atoms with Crippen LogP contribution in [-0.2, 0) is 13.0 Å². The zero-order valence-electron chi connectivity index (χ0n) is 15.6. The van der Waals surface area contributed by atoms with Gasteiger partial charge in [0.1, 0.15) is 5.82 Å². The van der Waals surface area contributed by atoms with Crippen molar-refractivity contribution in [2.45, 2.75) is 25.8 Å². The minimum Gasteiger partial charge on any atom is -0.357 e. The minimum absolute atomic E-state index is 0. The van der Waals surface area contributed by atoms with Crippen LogP contribution in [0.2, 0.25) is 5.02 Å². The summed E-state index contributed by atoms with van der Waals surface area (Å²) in [6, 6.07) is 12.2. The number of rotatable bonds is 6. The van der Waals surface area contributed by atoms with E-state index in [1.807, 2.05) is 24.4 Å². The second kappa shape index (κ2) is 11.3. The fourth-order valence-electron chi connectivity index (χ4n) is 3.08. The second-order valence-electron chi connectivity index (χ2n) is 6.45. The maximum absolute atomic E-state index is 6.02. The lowest BCUT2D eigenvalue weighted by Crippen LogP contribution is -2.37. The topological polar surface area (TPSA) is 52.6 Å². The van der Waals surface area contributed by atoms with Crippen LogP contribution in [0.4, 0.5) is 5.82 Å². The number of anilines is 1. The van der Waals surface area contributed by atoms with E-state index < -0.39 is 0 Å². The molecule has 1 aliphatic rings. The zero-order chi connectivity index (χ0) is 18.2. The number of benzene rings is 1. The van der Waals surface area contributed by atoms with Gasteiger partial charge in [-0.05, 0) is 48.6 Å². The van der Waals surface area contributed by atoms with E-state index in [0.29, 0.717) is 6.54 Å². The third-order valence-corrected chi connectivity index (χ3v) is 4.75. The van der Waals surface area contributed by atoms with Crippen molar-refractivity contribution in [3.8, 4) is 0 Å². The highest BCUT2D eigenvalue weighted by atomic mass is 127. The first kappa shape index (κ1) is 21.8. The fourth-order valence-corrected chi connectivity index (χ4v) is 3.29. The normalized spacial score (nSPS) is 14.0. The summed E-state index contributed by atoms with van der Waals surface area (Å²) in [7, 11) is 1.78. The van der Waals surface area contributed by atoms with Gasteiger partial charge >= 0.3 is 0 Å². The summed E-state index contributed by atoms with van der Waals surface area (Å²) >= 11 is 6.02. The van der Waals surface area contributed by atoms with Crippen molar-refractivity contribution in [2.75, 3.05) is 31.6 Å². The number of aliphatic imine (C=N–C) groups is 1. The SMILES string of the molecule is CN=C(NCCc1cccc(Cl)c1)NCc1ccc(N2CCCC2)nc1.I. The van der Waals surface area contributed by atoms with Crippen molar-refractivity contribution >= 4 is 47.4 Å². The molecule has 0 atom stereocenters. The largest absolute Gasteiger partial charge is 0.357 e. The molecule has 1 fully saturated rings. The van der Waals surface area contributed by atoms with Crippen LogP contribution in [0.15, 0.2) is 47.6 Å². The van der Waals surface area contributed by atoms with Crippen molar-refractivity contribution in [3.05, 3.63) is 58.7 Å². The van der Waals surface area contributed by atoms with Gasteiger partial charge < -0.3 is 15.5 Å². The smallest absolute Gasteiger partial charge is 0.191 e. The predicted molar refractivity (Wildman–Crippen MR) is 124 cm³/mol. The van der Waals surface area contributed by atoms with Crippen LogP contribution in [0.25, 0.3) is 0 Å². The molecule has 0 amide bonds. The number of nitrogens with one attached hydrogen (secondary N) is 2. The lowest BCUT2D eigenvalue weighted by atomic mass is 10.1. The van der Waals surface area contributed by atoms with Crippen molar-refractivity contribution < 1.29 is 0 Å². The molecule has 0 spiro atoms. The van der Waals surface area contributed by atoms with Gasteiger partial charge in [-0.3, -0.25) is 4.99 Å². The Kier molecular flexibility index (Phi) is 9.14. The third kappa shape index (κ3) is 6.84. The molecule has 3 rings (SSSR count). The summed E-state index contributed by atoms with van der Waals surface area (Å²) < 4.78 is 0. The standard InChI is InChI=1S/C20H26ClN5.HI/c1-22-20(23-10-9-16-5-4-6-18(21)13-16)25-15-17-7-8-19(24-14-17)26-11-2-3-12-26;/h4-8,13-14H,2-3,9-12,15H2,1H3,(H2,22,23,25);1H. The van der Waals surface area contributed by atoms with E-state index in [-0.39, 0.29) is 24.0 Å². The molecule has 1 saturated heterocycles. The predicted octanol–water partition coefficient (Wildman–Crippen LogP) is 3.86. The molecule has 0 saturated carbocycles. The second-order valence-corrected chi connectivity index (χ2v) is 6.89. The van der Waals surface area contributed by atoms with Crippen molar-refractivity contribution in [1.29, 1.82) is 0 Å². The van der Waals surface area contributed by atoms with E-state index >= 15 is 0 Å². The number of hydrogen-bond acceptors (Lipinski definition) is 3. The average molecular weight is 500 g/mol. The maximum Gasteiger partial charge on any atom is 0.191 e. The Morgan fingerprint density at radius 1 is 1.15 bits per heavy atom. The number of aromatic nitrogens is 1. The van der Waals surface area contributed by atoms with Gasteiger partial charge in [0.15, 0.2) is 5.96 Å². The van der Waals surface area contributed by atoms with E-state index in [4.69, 9.17) is 11.6 Å². The van der Waals surface area contributed by atoms with Gasteiger partial charge in [-0.15, -0.1) is 24.0 Å². The van der Waals surface area contributed by atoms with Crippen molar-refractivity contribution in [2.24, 2.45) is 4.99 Å². The van der Waals surface area contributed by atoms with Crippen LogP contribution in [0.3, 0.4) is 0 Å². The minimum atomic E-state index is 0. The lowest BCUT2D eigenvalue weighted by Gasteiger charge is -2.16. The van der Waals surface area contributed by atoms with Gasteiger partial charge in [-0.25, -0.2) is 4.98 Å². The summed E-state index contributed by atoms with van der Waals surface area (Å²) in [4.78, 5) is 11.2. The molecule has 0 aliphatic carbocycles. The molecule has 27 heavy (non-hydrogen) atoms. The maximum atomic E-state index is 6.02. The van der Waals surface area contributed by atoms with Crippen LogP contribution in [-0.4, -0.2) is 37.6 Å². The van der Waals surface area contributed by atoms with Crippen LogP contribution in [0, 0.1) is 0 Å². The van der Waals surface area contributed by atoms with E-state index in [9.17, 15) is 0 Å². The molecule has 7 heteroatoms. The van der Waals surface area contributed by atoms with Crippen LogP contribution < -0.4 is 15.5 Å². The first-order valence-corrected chi connectivity index (χ1v) is 9.51. The molecule has 2 heterocycles. The Balaban J connectivity index is 0.00000261. The fraction of sp³-hybridized carbons (Fsp3) is 0.400. The number of pyridine rings is 1. The average Bonchev–Trinajstić information content (AvgIpc) is 3.20. The van der Waals surface area contributed by atoms with E-state index in [1.54, 1.807) is 7.05 Å². The number of halogens is 2. The highest BCUT2D eigenvalue weighted by molar-refractivity contribution is 14.0. The Morgan fingerprint density at radius 3 is 2.63 bits per heavy atom. The molecule has 1 aromatic carbocycles. The quantitative estimate of drug-likeness (QED) is 0.360. The summed E-state index contributed by atoms with van der Waals surface area (Å²) in [6.07, 6.45) is 5.37. The van der Waals surface area contributed by atoms with Crippen LogP contribution in [0.5, 0.6) is 0 Å². The Labute approximate surface area is 183 Å². The molecule has 2 aromatic rings. The van der Waals surface area contributed by atoms with Gasteiger partial charge in [0.05, 0.1) is 0 Å². The monoisotopic (exact) mass is 499 g/mol. The summed E-state index contributed by atoms with van der Waals surface area (Å²) in [6.45, 7) is 3.73. The molecule has 146 valence electrons. The van der Waals surface area contributed by atoms with Gasteiger partial charge in [0.25, 0.3) is 0 Å². The third-order valence-electron chi connectivity index (χ3n) is 4.52. The van der Waals surface area contributed by atoms with E-state index in [0.717, 1.165) is 48.4 Å². The first-order chi connectivity index (χ1) is 12.7. The Hall–Kier alpha value is -1.54. The molecular formula is C20H27ClIN5. The summed E-state index contributed by atoms with van der Waals surface area (Å²) in [5, 5.41) is 7.44. The highest BCUT2D eigenvalue weighted by Crippen LogP contribution is 2.17. The number of nitrogens with zero attached hydrogens (tertiary/aromatic N) is 3. The number of guanidine groups is 1. The van der Waals surface area contributed by atoms with Crippen LogP contribution >= 0.6 is 35.6 Å². The highest BCUT2D eigenvalue weighted by Gasteiger charge is 2.12.